The third-order valence-electron chi connectivity index (χ3n) is 6.77. The van der Waals surface area contributed by atoms with Crippen molar-refractivity contribution >= 4 is 5.91 Å². The van der Waals surface area contributed by atoms with Gasteiger partial charge in [0, 0.05) is 44.1 Å². The molecule has 4 rings (SSSR count). The molecule has 2 aromatic carbocycles. The van der Waals surface area contributed by atoms with Crippen LogP contribution in [0, 0.1) is 0 Å². The molecule has 0 radical (unpaired) electrons. The Morgan fingerprint density at radius 2 is 1.69 bits per heavy atom. The number of nitrogens with zero attached hydrogens (tertiary/aromatic N) is 1. The zero-order valence-electron chi connectivity index (χ0n) is 20.5. The highest BCUT2D eigenvalue weighted by Gasteiger charge is 2.40. The molecule has 1 spiro atoms. The quantitative estimate of drug-likeness (QED) is 0.456. The Kier molecular flexibility index (Phi) is 7.66. The van der Waals surface area contributed by atoms with Gasteiger partial charge in [-0.05, 0) is 49.1 Å². The maximum atomic E-state index is 12.9. The number of amides is 1. The van der Waals surface area contributed by atoms with Crippen LogP contribution >= 0.6 is 0 Å². The maximum absolute atomic E-state index is 12.9. The number of likely N-dealkylation sites (tertiary alicyclic amines) is 1. The largest absolute Gasteiger partial charge is 0.508 e. The van der Waals surface area contributed by atoms with Gasteiger partial charge >= 0.3 is 0 Å². The molecular formula is C27H36N2O6. The SMILES string of the molecule is CC(C)(Cc1cccc(CC(=O)N2CCC3(CC2)OCCO3)c1)NCC(O)c1cc(O)cc(O)c1. The number of benzene rings is 2. The Morgan fingerprint density at radius 3 is 2.34 bits per heavy atom. The van der Waals surface area contributed by atoms with Crippen LogP contribution in [-0.4, -0.2) is 70.3 Å². The molecule has 8 heteroatoms. The monoisotopic (exact) mass is 484 g/mol. The van der Waals surface area contributed by atoms with Gasteiger partial charge in [-0.2, -0.15) is 0 Å². The second-order valence-electron chi connectivity index (χ2n) is 10.2. The predicted molar refractivity (Wildman–Crippen MR) is 131 cm³/mol. The molecule has 1 amide bonds. The molecule has 2 aliphatic heterocycles. The summed E-state index contributed by atoms with van der Waals surface area (Å²) in [4.78, 5) is 14.8. The van der Waals surface area contributed by atoms with Crippen LogP contribution in [0.1, 0.15) is 49.5 Å². The van der Waals surface area contributed by atoms with E-state index >= 15 is 0 Å². The molecule has 0 bridgehead atoms. The summed E-state index contributed by atoms with van der Waals surface area (Å²) in [6, 6.07) is 12.2. The molecule has 1 unspecified atom stereocenters. The zero-order valence-corrected chi connectivity index (χ0v) is 20.5. The van der Waals surface area contributed by atoms with Gasteiger partial charge in [0.2, 0.25) is 5.91 Å². The molecule has 2 fully saturated rings. The van der Waals surface area contributed by atoms with Crippen molar-refractivity contribution in [2.45, 2.75) is 57.0 Å². The van der Waals surface area contributed by atoms with Crippen molar-refractivity contribution in [2.24, 2.45) is 0 Å². The van der Waals surface area contributed by atoms with E-state index < -0.39 is 11.9 Å². The first-order valence-electron chi connectivity index (χ1n) is 12.2. The van der Waals surface area contributed by atoms with E-state index in [1.54, 1.807) is 0 Å². The normalized spacial score (nSPS) is 18.7. The summed E-state index contributed by atoms with van der Waals surface area (Å²) in [5, 5.41) is 33.2. The molecule has 2 heterocycles. The average Bonchev–Trinajstić information content (AvgIpc) is 3.25. The number of aliphatic hydroxyl groups excluding tert-OH is 1. The zero-order chi connectivity index (χ0) is 25.1. The van der Waals surface area contributed by atoms with E-state index in [2.05, 4.69) is 11.4 Å². The first kappa shape index (κ1) is 25.4. The highest BCUT2D eigenvalue weighted by Crippen LogP contribution is 2.31. The van der Waals surface area contributed by atoms with Crippen molar-refractivity contribution in [3.8, 4) is 11.5 Å². The van der Waals surface area contributed by atoms with Crippen molar-refractivity contribution in [1.29, 1.82) is 0 Å². The average molecular weight is 485 g/mol. The highest BCUT2D eigenvalue weighted by atomic mass is 16.7. The second kappa shape index (κ2) is 10.5. The fraction of sp³-hybridized carbons (Fsp3) is 0.519. The summed E-state index contributed by atoms with van der Waals surface area (Å²) in [5.41, 5.74) is 2.20. The Hall–Kier alpha value is -2.65. The van der Waals surface area contributed by atoms with Gasteiger partial charge in [-0.1, -0.05) is 24.3 Å². The summed E-state index contributed by atoms with van der Waals surface area (Å²) >= 11 is 0. The van der Waals surface area contributed by atoms with Gasteiger partial charge in [-0.3, -0.25) is 4.79 Å². The minimum atomic E-state index is -0.875. The van der Waals surface area contributed by atoms with Crippen LogP contribution in [0.25, 0.3) is 0 Å². The van der Waals surface area contributed by atoms with Gasteiger partial charge in [0.25, 0.3) is 0 Å². The number of carbonyl (C=O) groups is 1. The molecule has 0 aliphatic carbocycles. The molecule has 4 N–H and O–H groups in total. The van der Waals surface area contributed by atoms with Crippen molar-refractivity contribution in [3.05, 3.63) is 59.2 Å². The van der Waals surface area contributed by atoms with Crippen molar-refractivity contribution < 1.29 is 29.6 Å². The number of phenolic OH excluding ortho intramolecular Hbond substituents is 2. The number of hydrogen-bond donors (Lipinski definition) is 4. The van der Waals surface area contributed by atoms with E-state index in [4.69, 9.17) is 9.47 Å². The lowest BCUT2D eigenvalue weighted by Gasteiger charge is -2.37. The Labute approximate surface area is 206 Å². The first-order valence-corrected chi connectivity index (χ1v) is 12.2. The van der Waals surface area contributed by atoms with Gasteiger partial charge in [0.05, 0.1) is 25.7 Å². The number of aliphatic hydroxyl groups is 1. The second-order valence-corrected chi connectivity index (χ2v) is 10.2. The maximum Gasteiger partial charge on any atom is 0.226 e. The minimum Gasteiger partial charge on any atom is -0.508 e. The summed E-state index contributed by atoms with van der Waals surface area (Å²) < 4.78 is 11.5. The Balaban J connectivity index is 1.29. The van der Waals surface area contributed by atoms with Gasteiger partial charge in [0.1, 0.15) is 11.5 Å². The smallest absolute Gasteiger partial charge is 0.226 e. The molecule has 2 aliphatic rings. The molecule has 35 heavy (non-hydrogen) atoms. The van der Waals surface area contributed by atoms with Gasteiger partial charge in [-0.25, -0.2) is 0 Å². The standard InChI is InChI=1S/C27H36N2O6/c1-26(2,28-18-24(32)21-14-22(30)16-23(31)15-21)17-20-5-3-4-19(12-20)13-25(33)29-8-6-27(7-9-29)34-10-11-35-27/h3-5,12,14-16,24,28,30-32H,6-11,13,17-18H2,1-2H3. The van der Waals surface area contributed by atoms with Crippen molar-refractivity contribution in [3.63, 3.8) is 0 Å². The number of phenols is 2. The summed E-state index contributed by atoms with van der Waals surface area (Å²) in [7, 11) is 0. The number of nitrogens with one attached hydrogen (secondary N) is 1. The number of hydrogen-bond acceptors (Lipinski definition) is 7. The van der Waals surface area contributed by atoms with Gasteiger partial charge in [0.15, 0.2) is 5.79 Å². The van der Waals surface area contributed by atoms with Gasteiger partial charge < -0.3 is 35.0 Å². The van der Waals surface area contributed by atoms with Gasteiger partial charge in [-0.15, -0.1) is 0 Å². The summed E-state index contributed by atoms with van der Waals surface area (Å²) in [5.74, 6) is -0.544. The third-order valence-corrected chi connectivity index (χ3v) is 6.77. The molecule has 8 nitrogen and oxygen atoms in total. The molecule has 190 valence electrons. The van der Waals surface area contributed by atoms with Crippen LogP contribution in [0.4, 0.5) is 0 Å². The molecule has 2 aromatic rings. The number of carbonyl (C=O) groups excluding carboxylic acids is 1. The number of ether oxygens (including phenoxy) is 2. The molecule has 0 saturated carbocycles. The molecule has 0 aromatic heterocycles. The van der Waals surface area contributed by atoms with E-state index in [1.165, 1.54) is 18.2 Å². The fourth-order valence-electron chi connectivity index (χ4n) is 4.89. The lowest BCUT2D eigenvalue weighted by atomic mass is 9.93. The van der Waals surface area contributed by atoms with Crippen LogP contribution in [0.2, 0.25) is 0 Å². The summed E-state index contributed by atoms with van der Waals surface area (Å²) in [6.07, 6.45) is 1.61. The first-order chi connectivity index (χ1) is 16.6. The van der Waals surface area contributed by atoms with E-state index in [-0.39, 0.29) is 29.5 Å². The molecule has 2 saturated heterocycles. The Morgan fingerprint density at radius 1 is 1.06 bits per heavy atom. The van der Waals surface area contributed by atoms with Crippen LogP contribution in [0.5, 0.6) is 11.5 Å². The predicted octanol–water partition coefficient (Wildman–Crippen LogP) is 2.65. The van der Waals surface area contributed by atoms with Crippen molar-refractivity contribution in [1.82, 2.24) is 10.2 Å². The number of aromatic hydroxyl groups is 2. The minimum absolute atomic E-state index is 0.0889. The third kappa shape index (κ3) is 6.73. The van der Waals surface area contributed by atoms with Crippen LogP contribution in [0.3, 0.4) is 0 Å². The number of rotatable bonds is 8. The lowest BCUT2D eigenvalue weighted by molar-refractivity contribution is -0.187. The van der Waals surface area contributed by atoms with Crippen LogP contribution in [0.15, 0.2) is 42.5 Å². The van der Waals surface area contributed by atoms with E-state index in [0.29, 0.717) is 57.6 Å². The van der Waals surface area contributed by atoms with Crippen LogP contribution < -0.4 is 5.32 Å². The lowest BCUT2D eigenvalue weighted by Crippen LogP contribution is -2.47. The van der Waals surface area contributed by atoms with Crippen molar-refractivity contribution in [2.75, 3.05) is 32.8 Å². The number of piperidine rings is 1. The number of β-amino-alcohol motifs (C(OH)–C–C–N with tert-alkyl or cyclic N) is 1. The fourth-order valence-corrected chi connectivity index (χ4v) is 4.89. The Bertz CT molecular complexity index is 1000. The van der Waals surface area contributed by atoms with Crippen LogP contribution in [-0.2, 0) is 27.1 Å². The molecule has 1 atom stereocenters. The summed E-state index contributed by atoms with van der Waals surface area (Å²) in [6.45, 7) is 6.92. The highest BCUT2D eigenvalue weighted by molar-refractivity contribution is 5.79. The van der Waals surface area contributed by atoms with E-state index in [0.717, 1.165) is 11.1 Å². The molecular weight excluding hydrogens is 448 g/mol. The topological polar surface area (TPSA) is 111 Å². The van der Waals surface area contributed by atoms with E-state index in [1.807, 2.05) is 36.9 Å². The van der Waals surface area contributed by atoms with E-state index in [9.17, 15) is 20.1 Å².